The summed E-state index contributed by atoms with van der Waals surface area (Å²) in [6, 6.07) is 1.47. The number of nitrogens with one attached hydrogen (secondary N) is 1. The molecule has 1 atom stereocenters. The minimum Gasteiger partial charge on any atom is -0.349 e. The lowest BCUT2D eigenvalue weighted by molar-refractivity contribution is 0.372. The molecule has 3 heteroatoms. The van der Waals surface area contributed by atoms with Gasteiger partial charge in [0.25, 0.3) is 5.56 Å². The Bertz CT molecular complexity index is 399. The zero-order valence-electron chi connectivity index (χ0n) is 12.0. The van der Waals surface area contributed by atoms with Gasteiger partial charge in [0.15, 0.2) is 0 Å². The molecular weight excluding hydrogens is 224 g/mol. The third-order valence-electron chi connectivity index (χ3n) is 3.85. The van der Waals surface area contributed by atoms with Crippen molar-refractivity contribution in [1.29, 1.82) is 0 Å². The zero-order chi connectivity index (χ0) is 13.4. The van der Waals surface area contributed by atoms with Gasteiger partial charge in [0.1, 0.15) is 5.82 Å². The fraction of sp³-hybridized carbons (Fsp3) is 0.733. The highest BCUT2D eigenvalue weighted by Crippen LogP contribution is 2.30. The summed E-state index contributed by atoms with van der Waals surface area (Å²) in [5, 5.41) is 0. The van der Waals surface area contributed by atoms with Crippen LogP contribution in [0, 0.1) is 0 Å². The second-order valence-corrected chi connectivity index (χ2v) is 5.35. The van der Waals surface area contributed by atoms with Gasteiger partial charge in [-0.2, -0.15) is 4.98 Å². The highest BCUT2D eigenvalue weighted by molar-refractivity contribution is 5.05. The molecule has 0 aliphatic carbocycles. The van der Waals surface area contributed by atoms with E-state index in [2.05, 4.69) is 30.7 Å². The van der Waals surface area contributed by atoms with E-state index in [0.717, 1.165) is 18.7 Å². The van der Waals surface area contributed by atoms with E-state index in [4.69, 9.17) is 0 Å². The summed E-state index contributed by atoms with van der Waals surface area (Å²) < 4.78 is 0. The second kappa shape index (κ2) is 7.34. The van der Waals surface area contributed by atoms with Crippen molar-refractivity contribution in [1.82, 2.24) is 9.97 Å². The van der Waals surface area contributed by atoms with Crippen LogP contribution in [-0.2, 0) is 5.41 Å². The summed E-state index contributed by atoms with van der Waals surface area (Å²) in [7, 11) is 0. The Balaban J connectivity index is 2.59. The Morgan fingerprint density at radius 2 is 1.94 bits per heavy atom. The van der Waals surface area contributed by atoms with E-state index in [9.17, 15) is 4.79 Å². The van der Waals surface area contributed by atoms with Crippen LogP contribution in [0.3, 0.4) is 0 Å². The molecule has 0 aliphatic rings. The number of aromatic nitrogens is 2. The molecule has 0 saturated heterocycles. The fourth-order valence-electron chi connectivity index (χ4n) is 2.26. The van der Waals surface area contributed by atoms with Gasteiger partial charge < -0.3 is 4.98 Å². The Hall–Kier alpha value is -1.12. The molecule has 102 valence electrons. The lowest BCUT2D eigenvalue weighted by atomic mass is 9.81. The lowest BCUT2D eigenvalue weighted by Crippen LogP contribution is -2.27. The van der Waals surface area contributed by atoms with Crippen molar-refractivity contribution in [2.75, 3.05) is 0 Å². The molecule has 1 rings (SSSR count). The van der Waals surface area contributed by atoms with Gasteiger partial charge in [0.05, 0.1) is 0 Å². The van der Waals surface area contributed by atoms with Crippen LogP contribution in [0.1, 0.15) is 71.5 Å². The van der Waals surface area contributed by atoms with E-state index < -0.39 is 0 Å². The molecule has 0 saturated carbocycles. The number of rotatable bonds is 8. The van der Waals surface area contributed by atoms with Crippen LogP contribution < -0.4 is 5.56 Å². The average Bonchev–Trinajstić information content (AvgIpc) is 2.38. The van der Waals surface area contributed by atoms with Crippen LogP contribution in [0.2, 0.25) is 0 Å². The van der Waals surface area contributed by atoms with Gasteiger partial charge in [-0.05, 0) is 12.8 Å². The smallest absolute Gasteiger partial charge is 0.272 e. The van der Waals surface area contributed by atoms with Crippen LogP contribution in [0.5, 0.6) is 0 Å². The lowest BCUT2D eigenvalue weighted by Gasteiger charge is -2.26. The zero-order valence-corrected chi connectivity index (χ0v) is 12.0. The summed E-state index contributed by atoms with van der Waals surface area (Å²) >= 11 is 0. The van der Waals surface area contributed by atoms with Gasteiger partial charge in [-0.3, -0.25) is 4.79 Å². The van der Waals surface area contributed by atoms with Gasteiger partial charge in [0, 0.05) is 17.7 Å². The summed E-state index contributed by atoms with van der Waals surface area (Å²) in [5.41, 5.74) is -0.137. The number of H-pyrrole nitrogens is 1. The number of nitrogens with zero attached hydrogens (tertiary/aromatic N) is 1. The number of hydrogen-bond donors (Lipinski definition) is 1. The molecule has 0 bridgehead atoms. The molecule has 1 aromatic rings. The maximum absolute atomic E-state index is 11.3. The van der Waals surface area contributed by atoms with Gasteiger partial charge in [-0.1, -0.05) is 52.9 Å². The summed E-state index contributed by atoms with van der Waals surface area (Å²) in [6.45, 7) is 6.60. The molecule has 18 heavy (non-hydrogen) atoms. The molecule has 1 aromatic heterocycles. The molecular formula is C15H26N2O. The molecule has 1 heterocycles. The molecule has 1 unspecified atom stereocenters. The molecule has 1 N–H and O–H groups in total. The Labute approximate surface area is 110 Å². The van der Waals surface area contributed by atoms with E-state index in [1.165, 1.54) is 38.2 Å². The van der Waals surface area contributed by atoms with Crippen LogP contribution in [0.4, 0.5) is 0 Å². The molecule has 3 nitrogen and oxygen atoms in total. The third-order valence-corrected chi connectivity index (χ3v) is 3.85. The first kappa shape index (κ1) is 14.9. The predicted molar refractivity (Wildman–Crippen MR) is 75.9 cm³/mol. The van der Waals surface area contributed by atoms with Crippen molar-refractivity contribution in [3.63, 3.8) is 0 Å². The van der Waals surface area contributed by atoms with E-state index in [-0.39, 0.29) is 11.0 Å². The number of unbranched alkanes of at least 4 members (excludes halogenated alkanes) is 4. The van der Waals surface area contributed by atoms with Crippen molar-refractivity contribution in [2.45, 2.75) is 71.1 Å². The fourth-order valence-corrected chi connectivity index (χ4v) is 2.26. The van der Waals surface area contributed by atoms with E-state index >= 15 is 0 Å². The summed E-state index contributed by atoms with van der Waals surface area (Å²) in [6.07, 6.45) is 10.2. The quantitative estimate of drug-likeness (QED) is 0.713. The van der Waals surface area contributed by atoms with Crippen LogP contribution in [-0.4, -0.2) is 9.97 Å². The summed E-state index contributed by atoms with van der Waals surface area (Å²) in [4.78, 5) is 18.6. The first-order valence-electron chi connectivity index (χ1n) is 7.18. The highest BCUT2D eigenvalue weighted by Gasteiger charge is 2.26. The van der Waals surface area contributed by atoms with Crippen molar-refractivity contribution in [3.8, 4) is 0 Å². The van der Waals surface area contributed by atoms with Gasteiger partial charge in [-0.25, -0.2) is 0 Å². The molecule has 0 amide bonds. The molecule has 0 radical (unpaired) electrons. The van der Waals surface area contributed by atoms with E-state index in [0.29, 0.717) is 0 Å². The van der Waals surface area contributed by atoms with Crippen molar-refractivity contribution >= 4 is 0 Å². The molecule has 0 aliphatic heterocycles. The number of hydrogen-bond acceptors (Lipinski definition) is 2. The van der Waals surface area contributed by atoms with Crippen molar-refractivity contribution in [3.05, 3.63) is 28.4 Å². The maximum Gasteiger partial charge on any atom is 0.272 e. The predicted octanol–water partition coefficient (Wildman–Crippen LogP) is 3.80. The highest BCUT2D eigenvalue weighted by atomic mass is 16.1. The standard InChI is InChI=1S/C15H26N2O/c1-4-6-7-8-9-11-15(3,5-2)14-16-12-10-13(18)17-14/h10,12H,4-9,11H2,1-3H3,(H,16,17,18). The largest absolute Gasteiger partial charge is 0.349 e. The molecule has 0 spiro atoms. The first-order valence-corrected chi connectivity index (χ1v) is 7.18. The summed E-state index contributed by atoms with van der Waals surface area (Å²) in [5.74, 6) is 0.841. The maximum atomic E-state index is 11.3. The van der Waals surface area contributed by atoms with Crippen molar-refractivity contribution < 1.29 is 0 Å². The SMILES string of the molecule is CCCCCCCC(C)(CC)c1nc(=O)cc[nH]1. The normalized spacial score (nSPS) is 14.4. The van der Waals surface area contributed by atoms with Crippen LogP contribution >= 0.6 is 0 Å². The first-order chi connectivity index (χ1) is 8.62. The van der Waals surface area contributed by atoms with E-state index in [1.807, 2.05) is 0 Å². The van der Waals surface area contributed by atoms with Crippen molar-refractivity contribution in [2.24, 2.45) is 0 Å². The number of aromatic amines is 1. The average molecular weight is 250 g/mol. The molecule has 0 aromatic carbocycles. The monoisotopic (exact) mass is 250 g/mol. The Kier molecular flexibility index (Phi) is 6.10. The van der Waals surface area contributed by atoms with Gasteiger partial charge >= 0.3 is 0 Å². The van der Waals surface area contributed by atoms with Crippen LogP contribution in [0.25, 0.3) is 0 Å². The van der Waals surface area contributed by atoms with E-state index in [1.54, 1.807) is 6.20 Å². The Morgan fingerprint density at radius 3 is 2.56 bits per heavy atom. The minimum absolute atomic E-state index is 0.00658. The van der Waals surface area contributed by atoms with Crippen LogP contribution in [0.15, 0.2) is 17.1 Å². The third kappa shape index (κ3) is 4.28. The topological polar surface area (TPSA) is 45.8 Å². The minimum atomic E-state index is -0.144. The van der Waals surface area contributed by atoms with Gasteiger partial charge in [-0.15, -0.1) is 0 Å². The van der Waals surface area contributed by atoms with Gasteiger partial charge in [0.2, 0.25) is 0 Å². The molecule has 0 fully saturated rings. The second-order valence-electron chi connectivity index (χ2n) is 5.35. The Morgan fingerprint density at radius 1 is 1.22 bits per heavy atom.